The minimum atomic E-state index is -0.512. The molecule has 156 valence electrons. The molecule has 1 aliphatic rings. The van der Waals surface area contributed by atoms with Gasteiger partial charge < -0.3 is 25.1 Å². The van der Waals surface area contributed by atoms with Crippen molar-refractivity contribution in [3.05, 3.63) is 58.3 Å². The number of anilines is 1. The number of carbonyl (C=O) groups excluding carboxylic acids is 1. The molecular weight excluding hydrogens is 388 g/mol. The fraction of sp³-hybridized carbons (Fsp3) is 0.350. The molecule has 0 aliphatic carbocycles. The van der Waals surface area contributed by atoms with Crippen molar-refractivity contribution in [3.8, 4) is 5.75 Å². The van der Waals surface area contributed by atoms with E-state index in [-0.39, 0.29) is 17.8 Å². The zero-order valence-electron chi connectivity index (χ0n) is 16.5. The molecule has 0 unspecified atom stereocenters. The normalized spacial score (nSPS) is 14.6. The molecule has 10 heteroatoms. The number of nitro groups is 1. The van der Waals surface area contributed by atoms with Crippen LogP contribution in [0.2, 0.25) is 0 Å². The number of likely N-dealkylation sites (tertiary alicyclic amines) is 1. The Kier molecular flexibility index (Phi) is 5.46. The summed E-state index contributed by atoms with van der Waals surface area (Å²) >= 11 is 0. The molecule has 0 atom stereocenters. The van der Waals surface area contributed by atoms with Gasteiger partial charge in [0, 0.05) is 30.8 Å². The van der Waals surface area contributed by atoms with Crippen LogP contribution in [-0.2, 0) is 0 Å². The molecule has 2 aromatic heterocycles. The maximum Gasteiger partial charge on any atom is 0.368 e. The average Bonchev–Trinajstić information content (AvgIpc) is 3.18. The number of rotatable bonds is 6. The van der Waals surface area contributed by atoms with Crippen molar-refractivity contribution < 1.29 is 14.5 Å². The molecule has 0 spiro atoms. The highest BCUT2D eigenvalue weighted by molar-refractivity contribution is 5.94. The molecule has 1 saturated heterocycles. The summed E-state index contributed by atoms with van der Waals surface area (Å²) in [5.74, 6) is 1.12. The summed E-state index contributed by atoms with van der Waals surface area (Å²) in [4.78, 5) is 29.1. The van der Waals surface area contributed by atoms with E-state index in [0.717, 1.165) is 18.6 Å². The molecule has 30 heavy (non-hydrogen) atoms. The van der Waals surface area contributed by atoms with Gasteiger partial charge in [0.1, 0.15) is 11.9 Å². The van der Waals surface area contributed by atoms with Gasteiger partial charge in [0.15, 0.2) is 5.82 Å². The molecule has 1 amide bonds. The van der Waals surface area contributed by atoms with Gasteiger partial charge in [-0.3, -0.25) is 4.79 Å². The van der Waals surface area contributed by atoms with E-state index in [1.54, 1.807) is 24.3 Å². The number of carbonyl (C=O) groups is 1. The molecule has 1 aromatic carbocycles. The van der Waals surface area contributed by atoms with Crippen LogP contribution in [0, 0.1) is 10.1 Å². The smallest absolute Gasteiger partial charge is 0.368 e. The Morgan fingerprint density at radius 2 is 1.97 bits per heavy atom. The number of ether oxygens (including phenoxy) is 1. The van der Waals surface area contributed by atoms with E-state index < -0.39 is 4.92 Å². The molecule has 1 N–H and O–H groups in total. The number of benzene rings is 1. The second-order valence-electron chi connectivity index (χ2n) is 7.03. The van der Waals surface area contributed by atoms with Crippen molar-refractivity contribution in [2.75, 3.05) is 25.0 Å². The molecular formula is C20H22N6O4. The average molecular weight is 410 g/mol. The van der Waals surface area contributed by atoms with Gasteiger partial charge in [0.2, 0.25) is 5.65 Å². The second kappa shape index (κ2) is 8.36. The highest BCUT2D eigenvalue weighted by Crippen LogP contribution is 2.20. The van der Waals surface area contributed by atoms with E-state index in [4.69, 9.17) is 4.74 Å². The fourth-order valence-corrected chi connectivity index (χ4v) is 3.54. The fourth-order valence-electron chi connectivity index (χ4n) is 3.54. The van der Waals surface area contributed by atoms with Crippen molar-refractivity contribution in [2.45, 2.75) is 25.8 Å². The third-order valence-electron chi connectivity index (χ3n) is 5.08. The zero-order chi connectivity index (χ0) is 21.1. The van der Waals surface area contributed by atoms with E-state index in [9.17, 15) is 14.9 Å². The summed E-state index contributed by atoms with van der Waals surface area (Å²) in [5, 5.41) is 18.7. The number of imidazole rings is 1. The van der Waals surface area contributed by atoms with Crippen LogP contribution >= 0.6 is 0 Å². The summed E-state index contributed by atoms with van der Waals surface area (Å²) in [6, 6.07) is 10.8. The number of piperidine rings is 1. The zero-order valence-corrected chi connectivity index (χ0v) is 16.5. The van der Waals surface area contributed by atoms with E-state index in [0.29, 0.717) is 36.7 Å². The highest BCUT2D eigenvalue weighted by Gasteiger charge is 2.24. The van der Waals surface area contributed by atoms with Crippen molar-refractivity contribution >= 4 is 23.2 Å². The predicted molar refractivity (Wildman–Crippen MR) is 110 cm³/mol. The molecule has 3 aromatic rings. The Labute approximate surface area is 172 Å². The van der Waals surface area contributed by atoms with Crippen LogP contribution in [0.25, 0.3) is 5.65 Å². The van der Waals surface area contributed by atoms with E-state index >= 15 is 0 Å². The van der Waals surface area contributed by atoms with Crippen LogP contribution in [0.5, 0.6) is 5.75 Å². The lowest BCUT2D eigenvalue weighted by molar-refractivity contribution is -0.391. The van der Waals surface area contributed by atoms with Crippen LogP contribution in [0.3, 0.4) is 0 Å². The first-order valence-corrected chi connectivity index (χ1v) is 9.83. The van der Waals surface area contributed by atoms with Gasteiger partial charge in [-0.15, -0.1) is 0 Å². The van der Waals surface area contributed by atoms with E-state index in [1.807, 2.05) is 24.0 Å². The SMILES string of the molecule is CCOc1ccc(C(=O)N2CCC(Nc3ccc4ncc([N+](=O)[O-])n4n3)CC2)cc1. The minimum absolute atomic E-state index is 0.00471. The van der Waals surface area contributed by atoms with Crippen LogP contribution in [-0.4, -0.2) is 56.1 Å². The maximum atomic E-state index is 12.7. The first-order valence-electron chi connectivity index (χ1n) is 9.83. The summed E-state index contributed by atoms with van der Waals surface area (Å²) in [6.07, 6.45) is 2.71. The van der Waals surface area contributed by atoms with Gasteiger partial charge in [-0.1, -0.05) is 9.61 Å². The number of hydrogen-bond donors (Lipinski definition) is 1. The van der Waals surface area contributed by atoms with E-state index in [1.165, 1.54) is 10.7 Å². The Bertz CT molecular complexity index is 1060. The van der Waals surface area contributed by atoms with Gasteiger partial charge >= 0.3 is 5.82 Å². The molecule has 0 saturated carbocycles. The van der Waals surface area contributed by atoms with Crippen molar-refractivity contribution in [2.24, 2.45) is 0 Å². The number of nitrogens with one attached hydrogen (secondary N) is 1. The molecule has 1 fully saturated rings. The standard InChI is InChI=1S/C20H22N6O4/c1-2-30-16-5-3-14(4-6-16)20(27)24-11-9-15(10-12-24)22-17-7-8-18-21-13-19(26(28)29)25(18)23-17/h3-8,13,15H,2,9-12H2,1H3,(H,22,23). The van der Waals surface area contributed by atoms with E-state index in [2.05, 4.69) is 15.4 Å². The molecule has 1 aliphatic heterocycles. The van der Waals surface area contributed by atoms with Gasteiger partial charge in [0.25, 0.3) is 5.91 Å². The first kappa shape index (κ1) is 19.6. The Balaban J connectivity index is 1.36. The van der Waals surface area contributed by atoms with Gasteiger partial charge in [0.05, 0.1) is 6.61 Å². The van der Waals surface area contributed by atoms with Crippen LogP contribution in [0.4, 0.5) is 11.6 Å². The Morgan fingerprint density at radius 3 is 2.63 bits per heavy atom. The number of hydrogen-bond acceptors (Lipinski definition) is 7. The monoisotopic (exact) mass is 410 g/mol. The van der Waals surface area contributed by atoms with Gasteiger partial charge in [-0.05, 0) is 55.0 Å². The maximum absolute atomic E-state index is 12.7. The number of fused-ring (bicyclic) bond motifs is 1. The Hall–Kier alpha value is -3.69. The lowest BCUT2D eigenvalue weighted by Gasteiger charge is -2.32. The quantitative estimate of drug-likeness (QED) is 0.491. The van der Waals surface area contributed by atoms with Gasteiger partial charge in [-0.2, -0.15) is 0 Å². The summed E-state index contributed by atoms with van der Waals surface area (Å²) < 4.78 is 6.63. The second-order valence-corrected chi connectivity index (χ2v) is 7.03. The van der Waals surface area contributed by atoms with Crippen molar-refractivity contribution in [3.63, 3.8) is 0 Å². The molecule has 3 heterocycles. The molecule has 0 radical (unpaired) electrons. The summed E-state index contributed by atoms with van der Waals surface area (Å²) in [5.41, 5.74) is 1.06. The van der Waals surface area contributed by atoms with Gasteiger partial charge in [-0.25, -0.2) is 4.98 Å². The largest absolute Gasteiger partial charge is 0.494 e. The third-order valence-corrected chi connectivity index (χ3v) is 5.08. The summed E-state index contributed by atoms with van der Waals surface area (Å²) in [6.45, 7) is 3.75. The first-order chi connectivity index (χ1) is 14.5. The van der Waals surface area contributed by atoms with Crippen LogP contribution in [0.15, 0.2) is 42.6 Å². The molecule has 0 bridgehead atoms. The van der Waals surface area contributed by atoms with Crippen molar-refractivity contribution in [1.82, 2.24) is 19.5 Å². The van der Waals surface area contributed by atoms with Crippen LogP contribution < -0.4 is 10.1 Å². The lowest BCUT2D eigenvalue weighted by Crippen LogP contribution is -2.42. The Morgan fingerprint density at radius 1 is 1.23 bits per heavy atom. The van der Waals surface area contributed by atoms with Crippen molar-refractivity contribution in [1.29, 1.82) is 0 Å². The highest BCUT2D eigenvalue weighted by atomic mass is 16.6. The minimum Gasteiger partial charge on any atom is -0.494 e. The molecule has 10 nitrogen and oxygen atoms in total. The third kappa shape index (κ3) is 4.02. The number of aromatic nitrogens is 3. The lowest BCUT2D eigenvalue weighted by atomic mass is 10.0. The number of nitrogens with zero attached hydrogens (tertiary/aromatic N) is 5. The van der Waals surface area contributed by atoms with Crippen LogP contribution in [0.1, 0.15) is 30.1 Å². The summed E-state index contributed by atoms with van der Waals surface area (Å²) in [7, 11) is 0. The number of amides is 1. The molecule has 4 rings (SSSR count). The predicted octanol–water partition coefficient (Wildman–Crippen LogP) is 2.75. The topological polar surface area (TPSA) is 115 Å².